The number of nitrogens with zero attached hydrogens (tertiary/aromatic N) is 1. The Morgan fingerprint density at radius 3 is 2.37 bits per heavy atom. The lowest BCUT2D eigenvalue weighted by Gasteiger charge is -2.26. The predicted molar refractivity (Wildman–Crippen MR) is 108 cm³/mol. The number of nitrogens with one attached hydrogen (secondary N) is 1. The lowest BCUT2D eigenvalue weighted by atomic mass is 10.2. The standard InChI is InChI=1S/C20H23ClN2O3S/c1-15-6-2-5-9-19(15)23(14-20(24)22-17-7-3-4-8-17)27(25,26)18-12-10-16(21)11-13-18/h2,5-6,9-13,17H,3-4,7-8,14H2,1H3,(H,22,24). The van der Waals surface area contributed by atoms with Crippen molar-refractivity contribution in [2.45, 2.75) is 43.5 Å². The average Bonchev–Trinajstić information content (AvgIpc) is 3.13. The van der Waals surface area contributed by atoms with E-state index in [0.717, 1.165) is 31.2 Å². The second-order valence-electron chi connectivity index (χ2n) is 6.80. The Kier molecular flexibility index (Phi) is 6.07. The van der Waals surface area contributed by atoms with Crippen LogP contribution >= 0.6 is 11.6 Å². The fraction of sp³-hybridized carbons (Fsp3) is 0.350. The summed E-state index contributed by atoms with van der Waals surface area (Å²) >= 11 is 5.89. The van der Waals surface area contributed by atoms with E-state index in [4.69, 9.17) is 11.6 Å². The topological polar surface area (TPSA) is 66.5 Å². The highest BCUT2D eigenvalue weighted by atomic mass is 35.5. The molecule has 0 heterocycles. The van der Waals surface area contributed by atoms with Crippen molar-refractivity contribution in [1.29, 1.82) is 0 Å². The van der Waals surface area contributed by atoms with Crippen molar-refractivity contribution >= 4 is 33.2 Å². The normalized spacial score (nSPS) is 14.9. The Hall–Kier alpha value is -2.05. The molecule has 1 aliphatic rings. The number of aryl methyl sites for hydroxylation is 1. The van der Waals surface area contributed by atoms with Gasteiger partial charge in [-0.2, -0.15) is 0 Å². The third kappa shape index (κ3) is 4.62. The zero-order valence-electron chi connectivity index (χ0n) is 15.2. The Morgan fingerprint density at radius 2 is 1.74 bits per heavy atom. The molecular formula is C20H23ClN2O3S. The molecule has 0 atom stereocenters. The Balaban J connectivity index is 1.93. The molecule has 0 unspecified atom stereocenters. The fourth-order valence-corrected chi connectivity index (χ4v) is 4.96. The van der Waals surface area contributed by atoms with Gasteiger partial charge in [-0.3, -0.25) is 9.10 Å². The van der Waals surface area contributed by atoms with E-state index < -0.39 is 10.0 Å². The predicted octanol–water partition coefficient (Wildman–Crippen LogP) is 3.90. The smallest absolute Gasteiger partial charge is 0.264 e. The van der Waals surface area contributed by atoms with Gasteiger partial charge < -0.3 is 5.32 Å². The van der Waals surface area contributed by atoms with E-state index in [1.165, 1.54) is 28.6 Å². The van der Waals surface area contributed by atoms with Crippen LogP contribution in [-0.2, 0) is 14.8 Å². The van der Waals surface area contributed by atoms with E-state index in [2.05, 4.69) is 5.32 Å². The fourth-order valence-electron chi connectivity index (χ4n) is 3.35. The number of rotatable bonds is 6. The van der Waals surface area contributed by atoms with Crippen molar-refractivity contribution in [2.75, 3.05) is 10.8 Å². The molecule has 1 amide bonds. The Bertz CT molecular complexity index is 907. The highest BCUT2D eigenvalue weighted by molar-refractivity contribution is 7.92. The first-order chi connectivity index (χ1) is 12.9. The molecule has 7 heteroatoms. The summed E-state index contributed by atoms with van der Waals surface area (Å²) in [6.07, 6.45) is 4.07. The van der Waals surface area contributed by atoms with Gasteiger partial charge in [-0.15, -0.1) is 0 Å². The molecule has 5 nitrogen and oxygen atoms in total. The van der Waals surface area contributed by atoms with Gasteiger partial charge in [0, 0.05) is 11.1 Å². The first-order valence-corrected chi connectivity index (χ1v) is 10.8. The van der Waals surface area contributed by atoms with E-state index in [1.807, 2.05) is 19.1 Å². The summed E-state index contributed by atoms with van der Waals surface area (Å²) in [5.74, 6) is -0.289. The van der Waals surface area contributed by atoms with Crippen molar-refractivity contribution in [3.63, 3.8) is 0 Å². The number of sulfonamides is 1. The molecule has 27 heavy (non-hydrogen) atoms. The van der Waals surface area contributed by atoms with Gasteiger partial charge in [0.2, 0.25) is 5.91 Å². The van der Waals surface area contributed by atoms with Gasteiger partial charge in [0.25, 0.3) is 10.0 Å². The summed E-state index contributed by atoms with van der Waals surface area (Å²) in [6, 6.07) is 13.3. The lowest BCUT2D eigenvalue weighted by Crippen LogP contribution is -2.43. The number of carbonyl (C=O) groups is 1. The Morgan fingerprint density at radius 1 is 1.11 bits per heavy atom. The molecule has 1 aliphatic carbocycles. The summed E-state index contributed by atoms with van der Waals surface area (Å²) in [5, 5.41) is 3.42. The number of halogens is 1. The van der Waals surface area contributed by atoms with Crippen molar-refractivity contribution in [1.82, 2.24) is 5.32 Å². The third-order valence-corrected chi connectivity index (χ3v) is 6.82. The summed E-state index contributed by atoms with van der Waals surface area (Å²) in [6.45, 7) is 1.57. The van der Waals surface area contributed by atoms with Crippen LogP contribution in [0, 0.1) is 6.92 Å². The number of amides is 1. The molecule has 144 valence electrons. The maximum absolute atomic E-state index is 13.3. The minimum Gasteiger partial charge on any atom is -0.352 e. The molecule has 0 aromatic heterocycles. The number of benzene rings is 2. The second kappa shape index (κ2) is 8.31. The molecule has 0 aliphatic heterocycles. The summed E-state index contributed by atoms with van der Waals surface area (Å²) < 4.78 is 27.7. The zero-order chi connectivity index (χ0) is 19.4. The molecule has 0 bridgehead atoms. The first kappa shape index (κ1) is 19.7. The average molecular weight is 407 g/mol. The molecule has 0 saturated heterocycles. The molecule has 2 aromatic rings. The molecule has 1 saturated carbocycles. The third-order valence-electron chi connectivity index (χ3n) is 4.79. The van der Waals surface area contributed by atoms with Gasteiger partial charge >= 0.3 is 0 Å². The summed E-state index contributed by atoms with van der Waals surface area (Å²) in [5.41, 5.74) is 1.28. The van der Waals surface area contributed by atoms with Gasteiger partial charge in [0.1, 0.15) is 6.54 Å². The van der Waals surface area contributed by atoms with Gasteiger partial charge in [0.05, 0.1) is 10.6 Å². The van der Waals surface area contributed by atoms with Crippen molar-refractivity contribution in [3.05, 3.63) is 59.1 Å². The van der Waals surface area contributed by atoms with Gasteiger partial charge in [-0.25, -0.2) is 8.42 Å². The molecule has 1 fully saturated rings. The quantitative estimate of drug-likeness (QED) is 0.791. The molecule has 0 spiro atoms. The van der Waals surface area contributed by atoms with Crippen LogP contribution in [0.3, 0.4) is 0 Å². The van der Waals surface area contributed by atoms with Crippen molar-refractivity contribution < 1.29 is 13.2 Å². The molecular weight excluding hydrogens is 384 g/mol. The number of para-hydroxylation sites is 1. The van der Waals surface area contributed by atoms with E-state index in [9.17, 15) is 13.2 Å². The van der Waals surface area contributed by atoms with Gasteiger partial charge in [-0.1, -0.05) is 42.6 Å². The van der Waals surface area contributed by atoms with E-state index in [-0.39, 0.29) is 23.4 Å². The molecule has 0 radical (unpaired) electrons. The molecule has 2 aromatic carbocycles. The largest absolute Gasteiger partial charge is 0.352 e. The van der Waals surface area contributed by atoms with Gasteiger partial charge in [0.15, 0.2) is 0 Å². The number of anilines is 1. The minimum absolute atomic E-state index is 0.101. The van der Waals surface area contributed by atoms with Crippen LogP contribution in [0.4, 0.5) is 5.69 Å². The van der Waals surface area contributed by atoms with Crippen LogP contribution in [0.5, 0.6) is 0 Å². The zero-order valence-corrected chi connectivity index (χ0v) is 16.8. The minimum atomic E-state index is -3.91. The molecule has 3 rings (SSSR count). The lowest BCUT2D eigenvalue weighted by molar-refractivity contribution is -0.120. The number of carbonyl (C=O) groups excluding carboxylic acids is 1. The van der Waals surface area contributed by atoms with E-state index in [0.29, 0.717) is 10.7 Å². The van der Waals surface area contributed by atoms with Crippen LogP contribution in [0.25, 0.3) is 0 Å². The maximum Gasteiger partial charge on any atom is 0.264 e. The monoisotopic (exact) mass is 406 g/mol. The van der Waals surface area contributed by atoms with Crippen LogP contribution in [-0.4, -0.2) is 26.9 Å². The first-order valence-electron chi connectivity index (χ1n) is 9.01. The van der Waals surface area contributed by atoms with E-state index >= 15 is 0 Å². The van der Waals surface area contributed by atoms with Crippen LogP contribution in [0.1, 0.15) is 31.2 Å². The number of hydrogen-bond donors (Lipinski definition) is 1. The molecule has 1 N–H and O–H groups in total. The van der Waals surface area contributed by atoms with E-state index in [1.54, 1.807) is 12.1 Å². The highest BCUT2D eigenvalue weighted by Gasteiger charge is 2.29. The van der Waals surface area contributed by atoms with Crippen molar-refractivity contribution in [3.8, 4) is 0 Å². The highest BCUT2D eigenvalue weighted by Crippen LogP contribution is 2.27. The van der Waals surface area contributed by atoms with Crippen LogP contribution < -0.4 is 9.62 Å². The Labute approximate surface area is 165 Å². The van der Waals surface area contributed by atoms with Crippen LogP contribution in [0.15, 0.2) is 53.4 Å². The SMILES string of the molecule is Cc1ccccc1N(CC(=O)NC1CCCC1)S(=O)(=O)c1ccc(Cl)cc1. The summed E-state index contributed by atoms with van der Waals surface area (Å²) in [4.78, 5) is 12.7. The van der Waals surface area contributed by atoms with Crippen molar-refractivity contribution in [2.24, 2.45) is 0 Å². The second-order valence-corrected chi connectivity index (χ2v) is 9.10. The van der Waals surface area contributed by atoms with Gasteiger partial charge in [-0.05, 0) is 55.7 Å². The van der Waals surface area contributed by atoms with Crippen LogP contribution in [0.2, 0.25) is 5.02 Å². The summed E-state index contributed by atoms with van der Waals surface area (Å²) in [7, 11) is -3.91. The maximum atomic E-state index is 13.3. The number of hydrogen-bond acceptors (Lipinski definition) is 3.